The average molecular weight is 382 g/mol. The first-order chi connectivity index (χ1) is 12.1. The number of para-hydroxylation sites is 1. The Bertz CT molecular complexity index is 988. The maximum absolute atomic E-state index is 14.1. The van der Waals surface area contributed by atoms with Gasteiger partial charge in [0.25, 0.3) is 0 Å². The van der Waals surface area contributed by atoms with E-state index >= 15 is 0 Å². The molecule has 0 aromatic heterocycles. The van der Waals surface area contributed by atoms with Gasteiger partial charge in [-0.05, 0) is 36.6 Å². The lowest BCUT2D eigenvalue weighted by atomic mass is 9.95. The first kappa shape index (κ1) is 18.2. The summed E-state index contributed by atoms with van der Waals surface area (Å²) in [6, 6.07) is 7.34. The second-order valence-corrected chi connectivity index (χ2v) is 8.42. The summed E-state index contributed by atoms with van der Waals surface area (Å²) in [6.07, 6.45) is 2.18. The van der Waals surface area contributed by atoms with Crippen LogP contribution in [-0.4, -0.2) is 26.1 Å². The van der Waals surface area contributed by atoms with Gasteiger partial charge in [0, 0.05) is 24.3 Å². The minimum Gasteiger partial charge on any atom is -0.379 e. The fourth-order valence-corrected chi connectivity index (χ4v) is 3.89. The standard InChI is InChI=1S/C17H16F2N2O4S/c1-26(24,25)15-4-2-3-14(16(15)21(22)23)20-10-17(7-8-17)12-6-5-11(18)9-13(12)19/h2-6,9,20H,7-8,10H2,1H3. The third kappa shape index (κ3) is 3.39. The van der Waals surface area contributed by atoms with Gasteiger partial charge in [-0.25, -0.2) is 17.2 Å². The zero-order valence-electron chi connectivity index (χ0n) is 13.8. The molecule has 0 spiro atoms. The maximum atomic E-state index is 14.1. The molecule has 0 amide bonds. The molecule has 9 heteroatoms. The van der Waals surface area contributed by atoms with E-state index in [-0.39, 0.29) is 17.1 Å². The molecule has 1 N–H and O–H groups in total. The summed E-state index contributed by atoms with van der Waals surface area (Å²) in [4.78, 5) is 10.3. The highest BCUT2D eigenvalue weighted by Gasteiger charge is 2.46. The van der Waals surface area contributed by atoms with Crippen molar-refractivity contribution in [1.82, 2.24) is 0 Å². The van der Waals surface area contributed by atoms with E-state index < -0.39 is 37.5 Å². The van der Waals surface area contributed by atoms with Crippen molar-refractivity contribution in [2.75, 3.05) is 18.1 Å². The fraction of sp³-hybridized carbons (Fsp3) is 0.294. The largest absolute Gasteiger partial charge is 0.379 e. The van der Waals surface area contributed by atoms with Crippen LogP contribution in [0.15, 0.2) is 41.3 Å². The van der Waals surface area contributed by atoms with Crippen LogP contribution in [0.2, 0.25) is 0 Å². The van der Waals surface area contributed by atoms with Gasteiger partial charge in [0.05, 0.1) is 4.92 Å². The van der Waals surface area contributed by atoms with Crippen molar-refractivity contribution in [2.24, 2.45) is 0 Å². The fourth-order valence-electron chi connectivity index (χ4n) is 3.03. The van der Waals surface area contributed by atoms with Crippen molar-refractivity contribution >= 4 is 21.2 Å². The number of hydrogen-bond donors (Lipinski definition) is 1. The summed E-state index contributed by atoms with van der Waals surface area (Å²) in [6.45, 7) is 0.170. The van der Waals surface area contributed by atoms with E-state index in [1.54, 1.807) is 0 Å². The van der Waals surface area contributed by atoms with Crippen molar-refractivity contribution in [1.29, 1.82) is 0 Å². The van der Waals surface area contributed by atoms with E-state index in [4.69, 9.17) is 0 Å². The molecule has 0 unspecified atom stereocenters. The minimum absolute atomic E-state index is 0.0479. The molecule has 0 heterocycles. The van der Waals surface area contributed by atoms with Gasteiger partial charge < -0.3 is 5.32 Å². The first-order valence-corrected chi connectivity index (χ1v) is 9.70. The van der Waals surface area contributed by atoms with Crippen LogP contribution in [0.4, 0.5) is 20.2 Å². The molecule has 6 nitrogen and oxygen atoms in total. The summed E-state index contributed by atoms with van der Waals surface area (Å²) in [5, 5.41) is 14.3. The summed E-state index contributed by atoms with van der Waals surface area (Å²) < 4.78 is 50.8. The number of anilines is 1. The van der Waals surface area contributed by atoms with Gasteiger partial charge in [0.15, 0.2) is 9.84 Å². The number of benzene rings is 2. The Hall–Kier alpha value is -2.55. The Morgan fingerprint density at radius 2 is 1.92 bits per heavy atom. The third-order valence-electron chi connectivity index (χ3n) is 4.55. The lowest BCUT2D eigenvalue weighted by molar-refractivity contribution is -0.386. The summed E-state index contributed by atoms with van der Waals surface area (Å²) in [7, 11) is -3.79. The molecule has 0 aliphatic heterocycles. The Morgan fingerprint density at radius 3 is 2.46 bits per heavy atom. The Balaban J connectivity index is 1.92. The molecule has 0 saturated heterocycles. The SMILES string of the molecule is CS(=O)(=O)c1cccc(NCC2(c3ccc(F)cc3F)CC2)c1[N+](=O)[O-]. The average Bonchev–Trinajstić information content (AvgIpc) is 3.32. The van der Waals surface area contributed by atoms with E-state index in [2.05, 4.69) is 5.32 Å². The quantitative estimate of drug-likeness (QED) is 0.611. The number of halogens is 2. The molecule has 26 heavy (non-hydrogen) atoms. The number of nitrogens with zero attached hydrogens (tertiary/aromatic N) is 1. The molecule has 1 aliphatic rings. The molecule has 0 bridgehead atoms. The zero-order valence-corrected chi connectivity index (χ0v) is 14.6. The molecule has 0 radical (unpaired) electrons. The Labute approximate surface area is 148 Å². The molecule has 2 aromatic carbocycles. The number of sulfone groups is 1. The summed E-state index contributed by atoms with van der Waals surface area (Å²) in [5.41, 5.74) is -0.738. The molecule has 1 fully saturated rings. The minimum atomic E-state index is -3.79. The monoisotopic (exact) mass is 382 g/mol. The van der Waals surface area contributed by atoms with E-state index in [1.165, 1.54) is 30.3 Å². The maximum Gasteiger partial charge on any atom is 0.310 e. The van der Waals surface area contributed by atoms with Crippen molar-refractivity contribution in [3.05, 3.63) is 63.7 Å². The summed E-state index contributed by atoms with van der Waals surface area (Å²) in [5.74, 6) is -1.34. The number of rotatable bonds is 6. The number of hydrogen-bond acceptors (Lipinski definition) is 5. The number of nitro groups is 1. The zero-order chi connectivity index (χ0) is 19.1. The Morgan fingerprint density at radius 1 is 1.23 bits per heavy atom. The van der Waals surface area contributed by atoms with Gasteiger partial charge in [-0.3, -0.25) is 10.1 Å². The topological polar surface area (TPSA) is 89.3 Å². The van der Waals surface area contributed by atoms with Crippen LogP contribution < -0.4 is 5.32 Å². The molecule has 0 atom stereocenters. The number of nitro benzene ring substituents is 1. The molecule has 2 aromatic rings. The van der Waals surface area contributed by atoms with Crippen molar-refractivity contribution < 1.29 is 22.1 Å². The molecule has 1 saturated carbocycles. The molecular formula is C17H16F2N2O4S. The highest BCUT2D eigenvalue weighted by atomic mass is 32.2. The van der Waals surface area contributed by atoms with Crippen LogP contribution >= 0.6 is 0 Å². The van der Waals surface area contributed by atoms with E-state index in [1.807, 2.05) is 0 Å². The smallest absolute Gasteiger partial charge is 0.310 e. The molecule has 3 rings (SSSR count). The van der Waals surface area contributed by atoms with Crippen LogP contribution in [0.25, 0.3) is 0 Å². The van der Waals surface area contributed by atoms with Gasteiger partial charge in [-0.2, -0.15) is 0 Å². The molecule has 1 aliphatic carbocycles. The summed E-state index contributed by atoms with van der Waals surface area (Å²) >= 11 is 0. The normalized spacial score (nSPS) is 15.5. The van der Waals surface area contributed by atoms with Crippen LogP contribution in [0, 0.1) is 21.7 Å². The van der Waals surface area contributed by atoms with Crippen molar-refractivity contribution in [3.8, 4) is 0 Å². The first-order valence-electron chi connectivity index (χ1n) is 7.81. The van der Waals surface area contributed by atoms with Crippen LogP contribution in [0.1, 0.15) is 18.4 Å². The highest BCUT2D eigenvalue weighted by Crippen LogP contribution is 2.49. The van der Waals surface area contributed by atoms with Crippen LogP contribution in [0.3, 0.4) is 0 Å². The van der Waals surface area contributed by atoms with Gasteiger partial charge in [0.2, 0.25) is 0 Å². The second-order valence-electron chi connectivity index (χ2n) is 6.44. The lowest BCUT2D eigenvalue weighted by Gasteiger charge is -2.18. The number of nitrogens with one attached hydrogen (secondary N) is 1. The van der Waals surface area contributed by atoms with Gasteiger partial charge in [-0.15, -0.1) is 0 Å². The van der Waals surface area contributed by atoms with Gasteiger partial charge in [-0.1, -0.05) is 12.1 Å². The van der Waals surface area contributed by atoms with Crippen molar-refractivity contribution in [3.63, 3.8) is 0 Å². The highest BCUT2D eigenvalue weighted by molar-refractivity contribution is 7.90. The molecule has 138 valence electrons. The van der Waals surface area contributed by atoms with Gasteiger partial charge in [0.1, 0.15) is 22.2 Å². The Kier molecular flexibility index (Phi) is 4.43. The van der Waals surface area contributed by atoms with Crippen LogP contribution in [-0.2, 0) is 15.3 Å². The third-order valence-corrected chi connectivity index (χ3v) is 5.68. The van der Waals surface area contributed by atoms with Gasteiger partial charge >= 0.3 is 5.69 Å². The van der Waals surface area contributed by atoms with Crippen molar-refractivity contribution in [2.45, 2.75) is 23.2 Å². The van der Waals surface area contributed by atoms with Crippen LogP contribution in [0.5, 0.6) is 0 Å². The van der Waals surface area contributed by atoms with E-state index in [9.17, 15) is 27.3 Å². The molecular weight excluding hydrogens is 366 g/mol. The predicted octanol–water partition coefficient (Wildman–Crippen LogP) is 3.42. The second kappa shape index (κ2) is 6.31. The lowest BCUT2D eigenvalue weighted by Crippen LogP contribution is -2.21. The predicted molar refractivity (Wildman–Crippen MR) is 92.0 cm³/mol. The van der Waals surface area contributed by atoms with E-state index in [0.717, 1.165) is 12.3 Å². The van der Waals surface area contributed by atoms with E-state index in [0.29, 0.717) is 18.4 Å².